The smallest absolute Gasteiger partial charge is 0.244 e. The van der Waals surface area contributed by atoms with Gasteiger partial charge in [-0.05, 0) is 30.7 Å². The SMILES string of the molecule is Cc1cc(NC(=O)CN2C(=O)CS/C2=C\C(=O)C(C)(C)C)ccc1Br. The average Bonchev–Trinajstić information content (AvgIpc) is 2.83. The van der Waals surface area contributed by atoms with Crippen LogP contribution in [0.3, 0.4) is 0 Å². The number of carbonyl (C=O) groups excluding carboxylic acids is 3. The zero-order chi connectivity index (χ0) is 18.8. The van der Waals surface area contributed by atoms with Gasteiger partial charge in [-0.1, -0.05) is 48.5 Å². The summed E-state index contributed by atoms with van der Waals surface area (Å²) in [5.41, 5.74) is 1.14. The fourth-order valence-electron chi connectivity index (χ4n) is 2.10. The summed E-state index contributed by atoms with van der Waals surface area (Å²) in [6, 6.07) is 5.49. The van der Waals surface area contributed by atoms with E-state index in [0.717, 1.165) is 10.0 Å². The Balaban J connectivity index is 2.09. The van der Waals surface area contributed by atoms with Gasteiger partial charge in [0.05, 0.1) is 10.8 Å². The Morgan fingerprint density at radius 2 is 2.04 bits per heavy atom. The van der Waals surface area contributed by atoms with Crippen LogP contribution in [0.5, 0.6) is 0 Å². The van der Waals surface area contributed by atoms with Gasteiger partial charge in [-0.25, -0.2) is 0 Å². The predicted octanol–water partition coefficient (Wildman–Crippen LogP) is 3.73. The van der Waals surface area contributed by atoms with Crippen molar-refractivity contribution < 1.29 is 14.4 Å². The molecule has 0 unspecified atom stereocenters. The molecular weight excluding hydrogens is 404 g/mol. The van der Waals surface area contributed by atoms with Gasteiger partial charge in [0.2, 0.25) is 11.8 Å². The van der Waals surface area contributed by atoms with Crippen molar-refractivity contribution >= 4 is 51.0 Å². The maximum Gasteiger partial charge on any atom is 0.244 e. The van der Waals surface area contributed by atoms with Crippen molar-refractivity contribution in [1.82, 2.24) is 4.90 Å². The van der Waals surface area contributed by atoms with Crippen molar-refractivity contribution in [3.63, 3.8) is 0 Å². The van der Waals surface area contributed by atoms with Crippen molar-refractivity contribution in [1.29, 1.82) is 0 Å². The van der Waals surface area contributed by atoms with Gasteiger partial charge < -0.3 is 5.32 Å². The fourth-order valence-corrected chi connectivity index (χ4v) is 3.28. The van der Waals surface area contributed by atoms with E-state index in [-0.39, 0.29) is 29.9 Å². The van der Waals surface area contributed by atoms with Gasteiger partial charge in [0.1, 0.15) is 6.54 Å². The summed E-state index contributed by atoms with van der Waals surface area (Å²) in [4.78, 5) is 37.9. The molecule has 1 fully saturated rings. The van der Waals surface area contributed by atoms with Crippen molar-refractivity contribution in [3.05, 3.63) is 39.3 Å². The summed E-state index contributed by atoms with van der Waals surface area (Å²) in [7, 11) is 0. The van der Waals surface area contributed by atoms with Crippen LogP contribution >= 0.6 is 27.7 Å². The third-order valence-corrected chi connectivity index (χ3v) is 5.56. The van der Waals surface area contributed by atoms with E-state index < -0.39 is 5.41 Å². The van der Waals surface area contributed by atoms with E-state index in [9.17, 15) is 14.4 Å². The van der Waals surface area contributed by atoms with Gasteiger partial charge in [-0.3, -0.25) is 19.3 Å². The molecule has 134 valence electrons. The van der Waals surface area contributed by atoms with Crippen LogP contribution < -0.4 is 5.32 Å². The van der Waals surface area contributed by atoms with Gasteiger partial charge in [-0.15, -0.1) is 0 Å². The quantitative estimate of drug-likeness (QED) is 0.747. The molecule has 0 atom stereocenters. The summed E-state index contributed by atoms with van der Waals surface area (Å²) >= 11 is 4.70. The van der Waals surface area contributed by atoms with E-state index in [1.54, 1.807) is 6.07 Å². The molecule has 25 heavy (non-hydrogen) atoms. The van der Waals surface area contributed by atoms with Gasteiger partial charge in [0.25, 0.3) is 0 Å². The lowest BCUT2D eigenvalue weighted by atomic mass is 9.91. The Morgan fingerprint density at radius 1 is 1.36 bits per heavy atom. The number of allylic oxidation sites excluding steroid dienone is 1. The lowest BCUT2D eigenvalue weighted by Crippen LogP contribution is -2.34. The minimum atomic E-state index is -0.526. The molecule has 5 nitrogen and oxygen atoms in total. The molecule has 7 heteroatoms. The minimum Gasteiger partial charge on any atom is -0.325 e. The van der Waals surface area contributed by atoms with Gasteiger partial charge >= 0.3 is 0 Å². The first-order valence-corrected chi connectivity index (χ1v) is 9.61. The molecule has 0 aromatic heterocycles. The second-order valence-corrected chi connectivity index (χ2v) is 8.73. The van der Waals surface area contributed by atoms with E-state index in [4.69, 9.17) is 0 Å². The van der Waals surface area contributed by atoms with Crippen LogP contribution in [0, 0.1) is 12.3 Å². The maximum atomic E-state index is 12.3. The Kier molecular flexibility index (Phi) is 6.11. The zero-order valence-corrected chi connectivity index (χ0v) is 17.1. The molecule has 0 aliphatic carbocycles. The molecule has 0 bridgehead atoms. The molecule has 2 rings (SSSR count). The van der Waals surface area contributed by atoms with Crippen LogP contribution in [0.25, 0.3) is 0 Å². The average molecular weight is 425 g/mol. The molecule has 1 heterocycles. The first kappa shape index (κ1) is 19.7. The normalized spacial score (nSPS) is 16.4. The Morgan fingerprint density at radius 3 is 2.64 bits per heavy atom. The second-order valence-electron chi connectivity index (χ2n) is 6.88. The second kappa shape index (κ2) is 7.74. The fraction of sp³-hybridized carbons (Fsp3) is 0.389. The highest BCUT2D eigenvalue weighted by atomic mass is 79.9. The highest BCUT2D eigenvalue weighted by molar-refractivity contribution is 9.10. The van der Waals surface area contributed by atoms with E-state index in [2.05, 4.69) is 21.2 Å². The first-order chi connectivity index (χ1) is 11.6. The van der Waals surface area contributed by atoms with E-state index >= 15 is 0 Å². The molecule has 1 aromatic rings. The number of nitrogens with one attached hydrogen (secondary N) is 1. The lowest BCUT2D eigenvalue weighted by molar-refractivity contribution is -0.129. The van der Waals surface area contributed by atoms with Crippen LogP contribution in [0.1, 0.15) is 26.3 Å². The Labute approximate surface area is 160 Å². The number of anilines is 1. The van der Waals surface area contributed by atoms with Crippen molar-refractivity contribution in [2.75, 3.05) is 17.6 Å². The summed E-state index contributed by atoms with van der Waals surface area (Å²) < 4.78 is 0.961. The molecule has 0 radical (unpaired) electrons. The number of carbonyl (C=O) groups is 3. The number of amides is 2. The largest absolute Gasteiger partial charge is 0.325 e. The number of benzene rings is 1. The number of aryl methyl sites for hydroxylation is 1. The molecular formula is C18H21BrN2O3S. The molecule has 0 spiro atoms. The summed E-state index contributed by atoms with van der Waals surface area (Å²) in [5, 5.41) is 3.32. The standard InChI is InChI=1S/C18H21BrN2O3S/c1-11-7-12(5-6-13(11)19)20-15(23)9-21-16(24)10-25-17(21)8-14(22)18(2,3)4/h5-8H,9-10H2,1-4H3,(H,20,23)/b17-8-. The molecule has 1 aliphatic heterocycles. The molecule has 2 amide bonds. The summed E-state index contributed by atoms with van der Waals surface area (Å²) in [6.45, 7) is 7.28. The predicted molar refractivity (Wildman–Crippen MR) is 104 cm³/mol. The van der Waals surface area contributed by atoms with Crippen LogP contribution in [0.4, 0.5) is 5.69 Å². The zero-order valence-electron chi connectivity index (χ0n) is 14.7. The van der Waals surface area contributed by atoms with E-state index in [0.29, 0.717) is 10.7 Å². The number of hydrogen-bond acceptors (Lipinski definition) is 4. The first-order valence-electron chi connectivity index (χ1n) is 7.83. The number of thioether (sulfide) groups is 1. The van der Waals surface area contributed by atoms with Crippen LogP contribution in [0.15, 0.2) is 33.8 Å². The number of rotatable bonds is 4. The monoisotopic (exact) mass is 424 g/mol. The van der Waals surface area contributed by atoms with Crippen molar-refractivity contribution in [2.24, 2.45) is 5.41 Å². The third-order valence-electron chi connectivity index (χ3n) is 3.65. The van der Waals surface area contributed by atoms with Crippen LogP contribution in [-0.4, -0.2) is 34.8 Å². The highest BCUT2D eigenvalue weighted by Gasteiger charge is 2.30. The molecule has 0 saturated carbocycles. The number of halogens is 1. The summed E-state index contributed by atoms with van der Waals surface area (Å²) in [5.74, 6) is -0.293. The summed E-state index contributed by atoms with van der Waals surface area (Å²) in [6.07, 6.45) is 1.46. The molecule has 1 saturated heterocycles. The van der Waals surface area contributed by atoms with E-state index in [1.807, 2.05) is 39.8 Å². The van der Waals surface area contributed by atoms with E-state index in [1.165, 1.54) is 22.7 Å². The topological polar surface area (TPSA) is 66.5 Å². The van der Waals surface area contributed by atoms with Crippen molar-refractivity contribution in [3.8, 4) is 0 Å². The molecule has 1 N–H and O–H groups in total. The lowest BCUT2D eigenvalue weighted by Gasteiger charge is -2.19. The van der Waals surface area contributed by atoms with Gasteiger partial charge in [0, 0.05) is 21.7 Å². The van der Waals surface area contributed by atoms with Crippen molar-refractivity contribution in [2.45, 2.75) is 27.7 Å². The number of hydrogen-bond donors (Lipinski definition) is 1. The van der Waals surface area contributed by atoms with Crippen LogP contribution in [0.2, 0.25) is 0 Å². The number of ketones is 1. The number of nitrogens with zero attached hydrogens (tertiary/aromatic N) is 1. The molecule has 1 aromatic carbocycles. The highest BCUT2D eigenvalue weighted by Crippen LogP contribution is 2.30. The minimum absolute atomic E-state index is 0.0707. The van der Waals surface area contributed by atoms with Gasteiger partial charge in [-0.2, -0.15) is 0 Å². The third kappa shape index (κ3) is 5.19. The Bertz CT molecular complexity index is 753. The Hall–Kier alpha value is -1.60. The molecule has 1 aliphatic rings. The van der Waals surface area contributed by atoms with Crippen LogP contribution in [-0.2, 0) is 14.4 Å². The van der Waals surface area contributed by atoms with Gasteiger partial charge in [0.15, 0.2) is 5.78 Å². The maximum absolute atomic E-state index is 12.3.